The maximum absolute atomic E-state index is 12.2. The molecule has 1 aromatic rings. The number of rotatable bonds is 2. The van der Waals surface area contributed by atoms with E-state index in [1.54, 1.807) is 13.2 Å². The quantitative estimate of drug-likeness (QED) is 0.848. The molecule has 0 aromatic carbocycles. The van der Waals surface area contributed by atoms with E-state index >= 15 is 0 Å². The van der Waals surface area contributed by atoms with Crippen LogP contribution in [0.1, 0.15) is 37.7 Å². The minimum atomic E-state index is -0.497. The summed E-state index contributed by atoms with van der Waals surface area (Å²) in [6.45, 7) is 2.19. The summed E-state index contributed by atoms with van der Waals surface area (Å²) in [5.41, 5.74) is -0.365. The smallest absolute Gasteiger partial charge is 0.330 e. The molecule has 1 saturated heterocycles. The van der Waals surface area contributed by atoms with Gasteiger partial charge in [-0.05, 0) is 19.3 Å². The molecule has 1 N–H and O–H groups in total. The Morgan fingerprint density at radius 1 is 1.27 bits per heavy atom. The Kier molecular flexibility index (Phi) is 3.99. The molecule has 1 aromatic heterocycles. The van der Waals surface area contributed by atoms with E-state index in [1.807, 2.05) is 0 Å². The first-order valence-corrected chi connectivity index (χ1v) is 8.11. The molecule has 2 unspecified atom stereocenters. The summed E-state index contributed by atoms with van der Waals surface area (Å²) in [4.78, 5) is 26.2. The fraction of sp³-hybridized carbons (Fsp3) is 0.750. The van der Waals surface area contributed by atoms with E-state index in [4.69, 9.17) is 0 Å². The van der Waals surface area contributed by atoms with Crippen LogP contribution in [0.2, 0.25) is 0 Å². The van der Waals surface area contributed by atoms with E-state index < -0.39 is 5.60 Å². The molecular formula is C16H25N3O3. The van der Waals surface area contributed by atoms with E-state index in [9.17, 15) is 14.7 Å². The van der Waals surface area contributed by atoms with Crippen molar-refractivity contribution < 1.29 is 5.11 Å². The molecule has 0 amide bonds. The Morgan fingerprint density at radius 3 is 2.82 bits per heavy atom. The summed E-state index contributed by atoms with van der Waals surface area (Å²) >= 11 is 0. The van der Waals surface area contributed by atoms with Crippen LogP contribution in [-0.4, -0.2) is 37.8 Å². The van der Waals surface area contributed by atoms with Crippen LogP contribution in [0.25, 0.3) is 0 Å². The largest absolute Gasteiger partial charge is 0.390 e. The van der Waals surface area contributed by atoms with Gasteiger partial charge in [-0.3, -0.25) is 14.3 Å². The third-order valence-electron chi connectivity index (χ3n) is 5.42. The van der Waals surface area contributed by atoms with Gasteiger partial charge in [0.15, 0.2) is 0 Å². The number of nitrogens with zero attached hydrogens (tertiary/aromatic N) is 3. The van der Waals surface area contributed by atoms with Crippen LogP contribution >= 0.6 is 0 Å². The van der Waals surface area contributed by atoms with Gasteiger partial charge < -0.3 is 9.67 Å². The number of piperidine rings is 1. The Morgan fingerprint density at radius 2 is 2.05 bits per heavy atom. The van der Waals surface area contributed by atoms with Crippen LogP contribution < -0.4 is 11.2 Å². The van der Waals surface area contributed by atoms with E-state index in [0.29, 0.717) is 18.0 Å². The van der Waals surface area contributed by atoms with E-state index in [2.05, 4.69) is 4.90 Å². The Balaban J connectivity index is 1.78. The Hall–Kier alpha value is -1.40. The molecule has 1 aliphatic heterocycles. The first-order chi connectivity index (χ1) is 10.4. The summed E-state index contributed by atoms with van der Waals surface area (Å²) in [5, 5.41) is 10.7. The highest BCUT2D eigenvalue weighted by Crippen LogP contribution is 2.39. The van der Waals surface area contributed by atoms with E-state index in [1.165, 1.54) is 18.0 Å². The summed E-state index contributed by atoms with van der Waals surface area (Å²) in [6, 6.07) is 0. The second-order valence-corrected chi connectivity index (χ2v) is 6.94. The lowest BCUT2D eigenvalue weighted by Gasteiger charge is -2.47. The third-order valence-corrected chi connectivity index (χ3v) is 5.42. The van der Waals surface area contributed by atoms with Gasteiger partial charge in [-0.15, -0.1) is 0 Å². The van der Waals surface area contributed by atoms with Crippen LogP contribution in [-0.2, 0) is 20.6 Å². The van der Waals surface area contributed by atoms with Crippen molar-refractivity contribution >= 4 is 0 Å². The van der Waals surface area contributed by atoms with Gasteiger partial charge in [-0.2, -0.15) is 0 Å². The van der Waals surface area contributed by atoms with Crippen LogP contribution in [0.15, 0.2) is 15.8 Å². The minimum Gasteiger partial charge on any atom is -0.390 e. The third kappa shape index (κ3) is 2.65. The highest BCUT2D eigenvalue weighted by atomic mass is 16.3. The van der Waals surface area contributed by atoms with Crippen molar-refractivity contribution in [3.05, 3.63) is 32.6 Å². The zero-order valence-corrected chi connectivity index (χ0v) is 13.4. The molecule has 2 atom stereocenters. The number of hydrogen-bond donors (Lipinski definition) is 1. The van der Waals surface area contributed by atoms with Crippen molar-refractivity contribution in [3.8, 4) is 0 Å². The molecule has 3 rings (SSSR count). The summed E-state index contributed by atoms with van der Waals surface area (Å²) in [6.07, 6.45) is 6.71. The lowest BCUT2D eigenvalue weighted by molar-refractivity contribution is -0.0968. The predicted molar refractivity (Wildman–Crippen MR) is 83.7 cm³/mol. The van der Waals surface area contributed by atoms with E-state index in [0.717, 1.165) is 43.3 Å². The first-order valence-electron chi connectivity index (χ1n) is 8.11. The SMILES string of the molecule is Cn1cc(CN2CCC3(O)CCCCC3C2)c(=O)n(C)c1=O. The lowest BCUT2D eigenvalue weighted by atomic mass is 9.71. The van der Waals surface area contributed by atoms with Gasteiger partial charge in [-0.1, -0.05) is 12.8 Å². The van der Waals surface area contributed by atoms with Crippen molar-refractivity contribution in [2.45, 2.75) is 44.2 Å². The summed E-state index contributed by atoms with van der Waals surface area (Å²) < 4.78 is 2.62. The number of likely N-dealkylation sites (tertiary alicyclic amines) is 1. The normalized spacial score (nSPS) is 29.3. The summed E-state index contributed by atoms with van der Waals surface area (Å²) in [7, 11) is 3.19. The Labute approximate surface area is 130 Å². The minimum absolute atomic E-state index is 0.215. The second-order valence-electron chi connectivity index (χ2n) is 6.94. The number of aliphatic hydroxyl groups is 1. The molecule has 2 aliphatic rings. The molecule has 1 saturated carbocycles. The average molecular weight is 307 g/mol. The van der Waals surface area contributed by atoms with Gasteiger partial charge in [0.25, 0.3) is 5.56 Å². The maximum atomic E-state index is 12.2. The topological polar surface area (TPSA) is 67.5 Å². The van der Waals surface area contributed by atoms with Crippen molar-refractivity contribution in [2.75, 3.05) is 13.1 Å². The number of hydrogen-bond acceptors (Lipinski definition) is 4. The fourth-order valence-corrected chi connectivity index (χ4v) is 4.02. The van der Waals surface area contributed by atoms with Gasteiger partial charge in [-0.25, -0.2) is 4.79 Å². The van der Waals surface area contributed by atoms with Crippen LogP contribution in [0.5, 0.6) is 0 Å². The summed E-state index contributed by atoms with van der Waals surface area (Å²) in [5.74, 6) is 0.311. The molecule has 0 spiro atoms. The molecule has 22 heavy (non-hydrogen) atoms. The Bertz CT molecular complexity index is 678. The van der Waals surface area contributed by atoms with Gasteiger partial charge in [0.2, 0.25) is 0 Å². The van der Waals surface area contributed by atoms with Crippen molar-refractivity contribution in [1.82, 2.24) is 14.0 Å². The second kappa shape index (κ2) is 5.66. The first kappa shape index (κ1) is 15.5. The number of fused-ring (bicyclic) bond motifs is 1. The molecular weight excluding hydrogens is 282 g/mol. The van der Waals surface area contributed by atoms with Crippen molar-refractivity contribution in [3.63, 3.8) is 0 Å². The van der Waals surface area contributed by atoms with Gasteiger partial charge in [0.1, 0.15) is 0 Å². The lowest BCUT2D eigenvalue weighted by Crippen LogP contribution is -2.53. The standard InChI is InChI=1S/C16H25N3O3/c1-17-9-12(14(20)18(2)15(17)21)10-19-8-7-16(22)6-4-3-5-13(16)11-19/h9,13,22H,3-8,10-11H2,1-2H3. The van der Waals surface area contributed by atoms with Crippen LogP contribution in [0.4, 0.5) is 0 Å². The van der Waals surface area contributed by atoms with Crippen LogP contribution in [0, 0.1) is 5.92 Å². The fourth-order valence-electron chi connectivity index (χ4n) is 4.02. The zero-order valence-electron chi connectivity index (χ0n) is 13.4. The van der Waals surface area contributed by atoms with E-state index in [-0.39, 0.29) is 11.2 Å². The van der Waals surface area contributed by atoms with Crippen molar-refractivity contribution in [1.29, 1.82) is 0 Å². The average Bonchev–Trinajstić information content (AvgIpc) is 2.50. The highest BCUT2D eigenvalue weighted by molar-refractivity contribution is 5.07. The van der Waals surface area contributed by atoms with Crippen LogP contribution in [0.3, 0.4) is 0 Å². The molecule has 2 fully saturated rings. The molecule has 1 aliphatic carbocycles. The van der Waals surface area contributed by atoms with Gasteiger partial charge in [0, 0.05) is 51.4 Å². The molecule has 2 heterocycles. The van der Waals surface area contributed by atoms with Gasteiger partial charge in [0.05, 0.1) is 5.60 Å². The van der Waals surface area contributed by atoms with Gasteiger partial charge >= 0.3 is 5.69 Å². The number of aryl methyl sites for hydroxylation is 1. The molecule has 6 heteroatoms. The zero-order chi connectivity index (χ0) is 15.9. The molecule has 6 nitrogen and oxygen atoms in total. The maximum Gasteiger partial charge on any atom is 0.330 e. The predicted octanol–water partition coefficient (Wildman–Crippen LogP) is 0.211. The molecule has 122 valence electrons. The number of aromatic nitrogens is 2. The monoisotopic (exact) mass is 307 g/mol. The van der Waals surface area contributed by atoms with Crippen molar-refractivity contribution in [2.24, 2.45) is 20.0 Å². The highest BCUT2D eigenvalue weighted by Gasteiger charge is 2.42. The molecule has 0 bridgehead atoms. The molecule has 0 radical (unpaired) electrons.